The van der Waals surface area contributed by atoms with Gasteiger partial charge in [-0.3, -0.25) is 0 Å². The second-order valence-corrected chi connectivity index (χ2v) is 5.19. The Morgan fingerprint density at radius 3 is 2.48 bits per heavy atom. The lowest BCUT2D eigenvalue weighted by molar-refractivity contribution is 0.184. The second kappa shape index (κ2) is 7.14. The number of nitrogens with zero attached hydrogens (tertiary/aromatic N) is 1. The molecule has 2 aromatic rings. The van der Waals surface area contributed by atoms with Crippen LogP contribution in [0.4, 0.5) is 5.69 Å². The van der Waals surface area contributed by atoms with Crippen LogP contribution in [0.1, 0.15) is 24.2 Å². The maximum atomic E-state index is 10.4. The lowest BCUT2D eigenvalue weighted by atomic mass is 10.1. The van der Waals surface area contributed by atoms with Crippen molar-refractivity contribution in [3.63, 3.8) is 0 Å². The highest BCUT2D eigenvalue weighted by Gasteiger charge is 2.12. The van der Waals surface area contributed by atoms with E-state index < -0.39 is 6.10 Å². The third kappa shape index (κ3) is 3.99. The highest BCUT2D eigenvalue weighted by molar-refractivity contribution is 5.47. The van der Waals surface area contributed by atoms with Gasteiger partial charge in [-0.25, -0.2) is 0 Å². The number of benzene rings is 2. The van der Waals surface area contributed by atoms with E-state index >= 15 is 0 Å². The van der Waals surface area contributed by atoms with E-state index in [0.717, 1.165) is 23.4 Å². The first-order valence-electron chi connectivity index (χ1n) is 7.26. The Morgan fingerprint density at radius 2 is 1.86 bits per heavy atom. The van der Waals surface area contributed by atoms with Gasteiger partial charge in [0.15, 0.2) is 0 Å². The Labute approximate surface area is 126 Å². The summed E-state index contributed by atoms with van der Waals surface area (Å²) in [6.45, 7) is 2.68. The molecule has 1 atom stereocenters. The van der Waals surface area contributed by atoms with Gasteiger partial charge in [-0.05, 0) is 41.8 Å². The van der Waals surface area contributed by atoms with E-state index in [1.165, 1.54) is 5.56 Å². The van der Waals surface area contributed by atoms with Crippen LogP contribution < -0.4 is 9.64 Å². The second-order valence-electron chi connectivity index (χ2n) is 5.19. The predicted octanol–water partition coefficient (Wildman–Crippen LogP) is 3.43. The van der Waals surface area contributed by atoms with Gasteiger partial charge in [-0.15, -0.1) is 0 Å². The van der Waals surface area contributed by atoms with E-state index in [0.29, 0.717) is 6.54 Å². The molecule has 0 heterocycles. The number of likely N-dealkylation sites (N-methyl/N-ethyl adjacent to an activating group) is 1. The van der Waals surface area contributed by atoms with E-state index in [1.807, 2.05) is 31.3 Å². The minimum absolute atomic E-state index is 0.540. The van der Waals surface area contributed by atoms with Crippen LogP contribution in [0, 0.1) is 0 Å². The van der Waals surface area contributed by atoms with Gasteiger partial charge in [0.2, 0.25) is 0 Å². The van der Waals surface area contributed by atoms with Crippen LogP contribution >= 0.6 is 0 Å². The van der Waals surface area contributed by atoms with Gasteiger partial charge in [0.1, 0.15) is 5.75 Å². The van der Waals surface area contributed by atoms with Crippen molar-refractivity contribution in [2.75, 3.05) is 25.6 Å². The predicted molar refractivity (Wildman–Crippen MR) is 87.0 cm³/mol. The maximum Gasteiger partial charge on any atom is 0.119 e. The van der Waals surface area contributed by atoms with Crippen molar-refractivity contribution in [2.24, 2.45) is 0 Å². The number of hydrogen-bond donors (Lipinski definition) is 1. The zero-order chi connectivity index (χ0) is 15.2. The SMILES string of the molecule is CCc1ccc(N(C)CC(O)c2cccc(OC)c2)cc1. The third-order valence-corrected chi connectivity index (χ3v) is 3.71. The summed E-state index contributed by atoms with van der Waals surface area (Å²) in [4.78, 5) is 2.06. The first-order chi connectivity index (χ1) is 10.1. The number of rotatable bonds is 6. The zero-order valence-electron chi connectivity index (χ0n) is 12.9. The molecule has 0 aliphatic carbocycles. The van der Waals surface area contributed by atoms with Crippen LogP contribution in [-0.4, -0.2) is 25.8 Å². The zero-order valence-corrected chi connectivity index (χ0v) is 12.9. The number of methoxy groups -OCH3 is 1. The minimum Gasteiger partial charge on any atom is -0.497 e. The fourth-order valence-electron chi connectivity index (χ4n) is 2.31. The highest BCUT2D eigenvalue weighted by atomic mass is 16.5. The largest absolute Gasteiger partial charge is 0.497 e. The van der Waals surface area contributed by atoms with Crippen LogP contribution in [-0.2, 0) is 6.42 Å². The van der Waals surface area contributed by atoms with Crippen molar-refractivity contribution in [3.8, 4) is 5.75 Å². The minimum atomic E-state index is -0.545. The molecule has 0 amide bonds. The average molecular weight is 285 g/mol. The average Bonchev–Trinajstić information content (AvgIpc) is 2.54. The lowest BCUT2D eigenvalue weighted by Gasteiger charge is -2.23. The molecule has 0 spiro atoms. The molecule has 0 saturated carbocycles. The Kier molecular flexibility index (Phi) is 5.23. The van der Waals surface area contributed by atoms with Crippen LogP contribution in [0.15, 0.2) is 48.5 Å². The summed E-state index contributed by atoms with van der Waals surface area (Å²) in [6.07, 6.45) is 0.493. The van der Waals surface area contributed by atoms with E-state index in [4.69, 9.17) is 4.74 Å². The van der Waals surface area contributed by atoms with E-state index in [1.54, 1.807) is 7.11 Å². The molecule has 0 saturated heterocycles. The molecule has 0 aliphatic heterocycles. The Morgan fingerprint density at radius 1 is 1.14 bits per heavy atom. The molecule has 21 heavy (non-hydrogen) atoms. The Bertz CT molecular complexity index is 566. The summed E-state index contributed by atoms with van der Waals surface area (Å²) in [5, 5.41) is 10.4. The summed E-state index contributed by atoms with van der Waals surface area (Å²) < 4.78 is 5.20. The molecule has 0 bridgehead atoms. The number of aliphatic hydroxyl groups is 1. The molecule has 2 rings (SSSR count). The van der Waals surface area contributed by atoms with Crippen LogP contribution in [0.5, 0.6) is 5.75 Å². The van der Waals surface area contributed by atoms with Crippen LogP contribution in [0.2, 0.25) is 0 Å². The molecule has 0 aromatic heterocycles. The lowest BCUT2D eigenvalue weighted by Crippen LogP contribution is -2.24. The standard InChI is InChI=1S/C18H23NO2/c1-4-14-8-10-16(11-9-14)19(2)13-18(20)15-6-5-7-17(12-15)21-3/h5-12,18,20H,4,13H2,1-3H3. The van der Waals surface area contributed by atoms with Gasteiger partial charge < -0.3 is 14.7 Å². The van der Waals surface area contributed by atoms with Crippen molar-refractivity contribution in [2.45, 2.75) is 19.4 Å². The van der Waals surface area contributed by atoms with Gasteiger partial charge in [-0.2, -0.15) is 0 Å². The molecule has 1 unspecified atom stereocenters. The van der Waals surface area contributed by atoms with Gasteiger partial charge in [-0.1, -0.05) is 31.2 Å². The van der Waals surface area contributed by atoms with E-state index in [2.05, 4.69) is 36.1 Å². The normalized spacial score (nSPS) is 12.0. The fourth-order valence-corrected chi connectivity index (χ4v) is 2.31. The van der Waals surface area contributed by atoms with Crippen LogP contribution in [0.3, 0.4) is 0 Å². The quantitative estimate of drug-likeness (QED) is 0.882. The monoisotopic (exact) mass is 285 g/mol. The molecule has 3 nitrogen and oxygen atoms in total. The molecular formula is C18H23NO2. The molecular weight excluding hydrogens is 262 g/mol. The highest BCUT2D eigenvalue weighted by Crippen LogP contribution is 2.22. The van der Waals surface area contributed by atoms with Crippen molar-refractivity contribution in [3.05, 3.63) is 59.7 Å². The first-order valence-corrected chi connectivity index (χ1v) is 7.26. The molecule has 1 N–H and O–H groups in total. The molecule has 112 valence electrons. The number of aryl methyl sites for hydroxylation is 1. The summed E-state index contributed by atoms with van der Waals surface area (Å²) in [5.74, 6) is 0.765. The van der Waals surface area contributed by atoms with E-state index in [-0.39, 0.29) is 0 Å². The van der Waals surface area contributed by atoms with Gasteiger partial charge in [0.05, 0.1) is 13.2 Å². The number of hydrogen-bond acceptors (Lipinski definition) is 3. The van der Waals surface area contributed by atoms with E-state index in [9.17, 15) is 5.11 Å². The van der Waals surface area contributed by atoms with Gasteiger partial charge in [0, 0.05) is 19.3 Å². The van der Waals surface area contributed by atoms with Crippen molar-refractivity contribution >= 4 is 5.69 Å². The summed E-state index contributed by atoms with van der Waals surface area (Å²) in [7, 11) is 3.62. The number of ether oxygens (including phenoxy) is 1. The molecule has 0 radical (unpaired) electrons. The topological polar surface area (TPSA) is 32.7 Å². The van der Waals surface area contributed by atoms with Crippen molar-refractivity contribution < 1.29 is 9.84 Å². The smallest absolute Gasteiger partial charge is 0.119 e. The fraction of sp³-hybridized carbons (Fsp3) is 0.333. The molecule has 0 aliphatic rings. The summed E-state index contributed by atoms with van der Waals surface area (Å²) in [6, 6.07) is 16.0. The summed E-state index contributed by atoms with van der Waals surface area (Å²) in [5.41, 5.74) is 3.29. The number of anilines is 1. The Balaban J connectivity index is 2.04. The summed E-state index contributed by atoms with van der Waals surface area (Å²) >= 11 is 0. The third-order valence-electron chi connectivity index (χ3n) is 3.71. The maximum absolute atomic E-state index is 10.4. The molecule has 2 aromatic carbocycles. The first kappa shape index (κ1) is 15.4. The molecule has 3 heteroatoms. The van der Waals surface area contributed by atoms with Gasteiger partial charge >= 0.3 is 0 Å². The van der Waals surface area contributed by atoms with Crippen molar-refractivity contribution in [1.29, 1.82) is 0 Å². The van der Waals surface area contributed by atoms with Gasteiger partial charge in [0.25, 0.3) is 0 Å². The van der Waals surface area contributed by atoms with Crippen molar-refractivity contribution in [1.82, 2.24) is 0 Å². The number of aliphatic hydroxyl groups excluding tert-OH is 1. The molecule has 0 fully saturated rings. The Hall–Kier alpha value is -2.00. The van der Waals surface area contributed by atoms with Crippen LogP contribution in [0.25, 0.3) is 0 Å².